The van der Waals surface area contributed by atoms with Gasteiger partial charge >= 0.3 is 0 Å². The Hall–Kier alpha value is -2.51. The predicted octanol–water partition coefficient (Wildman–Crippen LogP) is 1.19. The number of thioether (sulfide) groups is 1. The topological polar surface area (TPSA) is 71.9 Å². The second-order valence-corrected chi connectivity index (χ2v) is 7.03. The molecule has 0 saturated carbocycles. The smallest absolute Gasteiger partial charge is 0.279 e. The predicted molar refractivity (Wildman–Crippen MR) is 108 cm³/mol. The van der Waals surface area contributed by atoms with Gasteiger partial charge in [-0.1, -0.05) is 24.3 Å². The van der Waals surface area contributed by atoms with Crippen LogP contribution in [0.1, 0.15) is 5.56 Å². The Kier molecular flexibility index (Phi) is 8.16. The van der Waals surface area contributed by atoms with Gasteiger partial charge in [0.05, 0.1) is 19.8 Å². The minimum Gasteiger partial charge on any atom is -0.497 e. The zero-order valence-corrected chi connectivity index (χ0v) is 16.7. The molecule has 3 N–H and O–H groups in total. The number of benzene rings is 2. The Morgan fingerprint density at radius 1 is 1.04 bits per heavy atom. The fraction of sp³-hybridized carbons (Fsp3) is 0.300. The molecule has 144 valence electrons. The number of amides is 2. The molecule has 1 atom stereocenters. The van der Waals surface area contributed by atoms with E-state index in [1.165, 1.54) is 0 Å². The third kappa shape index (κ3) is 6.96. The number of quaternary nitrogens is 1. The number of anilines is 1. The van der Waals surface area contributed by atoms with Gasteiger partial charge in [-0.2, -0.15) is 0 Å². The summed E-state index contributed by atoms with van der Waals surface area (Å²) < 4.78 is 5.11. The highest BCUT2D eigenvalue weighted by Crippen LogP contribution is 2.24. The fourth-order valence-corrected chi connectivity index (χ4v) is 3.11. The number of hydrogen-bond acceptors (Lipinski definition) is 4. The summed E-state index contributed by atoms with van der Waals surface area (Å²) in [6, 6.07) is 15.2. The molecule has 0 aliphatic rings. The van der Waals surface area contributed by atoms with E-state index in [9.17, 15) is 9.59 Å². The van der Waals surface area contributed by atoms with Gasteiger partial charge in [0, 0.05) is 11.4 Å². The van der Waals surface area contributed by atoms with Crippen LogP contribution in [0, 0.1) is 0 Å². The summed E-state index contributed by atoms with van der Waals surface area (Å²) >= 11 is 1.58. The second-order valence-electron chi connectivity index (χ2n) is 6.18. The molecule has 27 heavy (non-hydrogen) atoms. The number of rotatable bonds is 9. The number of para-hydroxylation sites is 1. The average molecular weight is 389 g/mol. The lowest BCUT2D eigenvalue weighted by molar-refractivity contribution is -0.862. The van der Waals surface area contributed by atoms with Crippen LogP contribution in [-0.2, 0) is 16.1 Å². The highest BCUT2D eigenvalue weighted by atomic mass is 32.2. The Morgan fingerprint density at radius 2 is 1.70 bits per heavy atom. The van der Waals surface area contributed by atoms with E-state index in [-0.39, 0.29) is 24.9 Å². The van der Waals surface area contributed by atoms with E-state index in [0.29, 0.717) is 6.54 Å². The van der Waals surface area contributed by atoms with Crippen LogP contribution >= 0.6 is 11.8 Å². The summed E-state index contributed by atoms with van der Waals surface area (Å²) in [5.74, 6) is 0.570. The Labute approximate surface area is 164 Å². The lowest BCUT2D eigenvalue weighted by Crippen LogP contribution is -3.11. The molecule has 0 fully saturated rings. The van der Waals surface area contributed by atoms with E-state index in [0.717, 1.165) is 26.8 Å². The zero-order valence-electron chi connectivity index (χ0n) is 15.9. The molecule has 0 heterocycles. The normalized spacial score (nSPS) is 11.5. The fourth-order valence-electron chi connectivity index (χ4n) is 2.56. The van der Waals surface area contributed by atoms with Crippen LogP contribution in [-0.4, -0.2) is 45.3 Å². The molecule has 0 bridgehead atoms. The standard InChI is InChI=1S/C20H25N3O3S/c1-23(14-20(25)22-17-6-4-5-7-18(17)27-3)13-19(24)21-12-15-8-10-16(26-2)11-9-15/h4-11H,12-14H2,1-3H3,(H,21,24)(H,22,25)/p+1. The molecule has 0 saturated heterocycles. The highest BCUT2D eigenvalue weighted by Gasteiger charge is 2.15. The number of ether oxygens (including phenoxy) is 1. The highest BCUT2D eigenvalue weighted by molar-refractivity contribution is 7.98. The maximum absolute atomic E-state index is 12.2. The second kappa shape index (κ2) is 10.6. The first-order valence-electron chi connectivity index (χ1n) is 8.65. The molecule has 0 aromatic heterocycles. The third-order valence-corrected chi connectivity index (χ3v) is 4.75. The molecule has 0 aliphatic carbocycles. The number of carbonyl (C=O) groups is 2. The van der Waals surface area contributed by atoms with E-state index in [2.05, 4.69) is 10.6 Å². The molecule has 6 nitrogen and oxygen atoms in total. The number of likely N-dealkylation sites (N-methyl/N-ethyl adjacent to an activating group) is 1. The number of carbonyl (C=O) groups excluding carboxylic acids is 2. The molecular formula is C20H26N3O3S+. The molecule has 2 amide bonds. The van der Waals surface area contributed by atoms with Crippen molar-refractivity contribution in [3.05, 3.63) is 54.1 Å². The molecule has 2 aromatic rings. The molecule has 1 unspecified atom stereocenters. The summed E-state index contributed by atoms with van der Waals surface area (Å²) in [4.78, 5) is 26.2. The van der Waals surface area contributed by atoms with Crippen molar-refractivity contribution in [1.29, 1.82) is 0 Å². The van der Waals surface area contributed by atoms with Crippen LogP contribution in [0.5, 0.6) is 5.75 Å². The van der Waals surface area contributed by atoms with E-state index in [1.54, 1.807) is 18.9 Å². The first-order chi connectivity index (χ1) is 13.0. The maximum Gasteiger partial charge on any atom is 0.279 e. The van der Waals surface area contributed by atoms with Gasteiger partial charge in [-0.05, 0) is 36.1 Å². The first-order valence-corrected chi connectivity index (χ1v) is 9.88. The van der Waals surface area contributed by atoms with Crippen molar-refractivity contribution in [2.75, 3.05) is 38.8 Å². The molecule has 2 aromatic carbocycles. The summed E-state index contributed by atoms with van der Waals surface area (Å²) in [6.45, 7) is 0.899. The monoisotopic (exact) mass is 388 g/mol. The van der Waals surface area contributed by atoms with E-state index < -0.39 is 0 Å². The van der Waals surface area contributed by atoms with Gasteiger partial charge in [-0.15, -0.1) is 11.8 Å². The van der Waals surface area contributed by atoms with Crippen LogP contribution in [0.3, 0.4) is 0 Å². The van der Waals surface area contributed by atoms with Gasteiger partial charge in [0.15, 0.2) is 13.1 Å². The maximum atomic E-state index is 12.2. The number of nitrogens with one attached hydrogen (secondary N) is 3. The SMILES string of the molecule is COc1ccc(CNC(=O)C[NH+](C)CC(=O)Nc2ccccc2SC)cc1. The molecule has 2 rings (SSSR count). The van der Waals surface area contributed by atoms with Gasteiger partial charge < -0.3 is 20.3 Å². The Morgan fingerprint density at radius 3 is 2.37 bits per heavy atom. The minimum atomic E-state index is -0.114. The molecule has 0 aliphatic heterocycles. The summed E-state index contributed by atoms with van der Waals surface area (Å²) in [5.41, 5.74) is 1.79. The van der Waals surface area contributed by atoms with Crippen LogP contribution in [0.2, 0.25) is 0 Å². The van der Waals surface area contributed by atoms with Gasteiger partial charge in [-0.25, -0.2) is 0 Å². The Balaban J connectivity index is 1.75. The van der Waals surface area contributed by atoms with Crippen LogP contribution < -0.4 is 20.3 Å². The van der Waals surface area contributed by atoms with Crippen molar-refractivity contribution in [1.82, 2.24) is 5.32 Å². The van der Waals surface area contributed by atoms with Gasteiger partial charge in [0.25, 0.3) is 11.8 Å². The van der Waals surface area contributed by atoms with Crippen molar-refractivity contribution >= 4 is 29.3 Å². The van der Waals surface area contributed by atoms with E-state index in [1.807, 2.05) is 61.8 Å². The Bertz CT molecular complexity index is 765. The van der Waals surface area contributed by atoms with E-state index in [4.69, 9.17) is 4.74 Å². The van der Waals surface area contributed by atoms with Gasteiger partial charge in [-0.3, -0.25) is 9.59 Å². The summed E-state index contributed by atoms with van der Waals surface area (Å²) in [6.07, 6.45) is 1.97. The summed E-state index contributed by atoms with van der Waals surface area (Å²) in [7, 11) is 3.44. The average Bonchev–Trinajstić information content (AvgIpc) is 2.67. The largest absolute Gasteiger partial charge is 0.497 e. The van der Waals surface area contributed by atoms with Crippen molar-refractivity contribution < 1.29 is 19.2 Å². The quantitative estimate of drug-likeness (QED) is 0.564. The van der Waals surface area contributed by atoms with E-state index >= 15 is 0 Å². The molecular weight excluding hydrogens is 362 g/mol. The van der Waals surface area contributed by atoms with Crippen molar-refractivity contribution in [2.45, 2.75) is 11.4 Å². The molecule has 0 spiro atoms. The molecule has 0 radical (unpaired) electrons. The van der Waals surface area contributed by atoms with Gasteiger partial charge in [0.1, 0.15) is 5.75 Å². The number of hydrogen-bond donors (Lipinski definition) is 3. The lowest BCUT2D eigenvalue weighted by Gasteiger charge is -2.15. The summed E-state index contributed by atoms with van der Waals surface area (Å²) in [5, 5.41) is 5.78. The molecule has 7 heteroatoms. The lowest BCUT2D eigenvalue weighted by atomic mass is 10.2. The minimum absolute atomic E-state index is 0.0966. The van der Waals surface area contributed by atoms with Gasteiger partial charge in [0.2, 0.25) is 0 Å². The van der Waals surface area contributed by atoms with Crippen LogP contribution in [0.25, 0.3) is 0 Å². The first kappa shape index (κ1) is 20.8. The van der Waals surface area contributed by atoms with Crippen LogP contribution in [0.15, 0.2) is 53.4 Å². The number of methoxy groups -OCH3 is 1. The zero-order chi connectivity index (χ0) is 19.6. The van der Waals surface area contributed by atoms with Crippen LogP contribution in [0.4, 0.5) is 5.69 Å². The van der Waals surface area contributed by atoms with Crippen molar-refractivity contribution in [3.8, 4) is 5.75 Å². The van der Waals surface area contributed by atoms with Crippen molar-refractivity contribution in [3.63, 3.8) is 0 Å². The third-order valence-electron chi connectivity index (χ3n) is 3.95. The van der Waals surface area contributed by atoms with Crippen molar-refractivity contribution in [2.24, 2.45) is 0 Å².